The van der Waals surface area contributed by atoms with Gasteiger partial charge in [-0.1, -0.05) is 62.8 Å². The van der Waals surface area contributed by atoms with E-state index in [4.69, 9.17) is 4.43 Å². The monoisotopic (exact) mass is 260 g/mol. The first kappa shape index (κ1) is 14.8. The Morgan fingerprint density at radius 1 is 1.28 bits per heavy atom. The molecule has 1 nitrogen and oxygen atoms in total. The first-order valence-corrected chi connectivity index (χ1v) is 9.57. The van der Waals surface area contributed by atoms with E-state index in [1.54, 1.807) is 0 Å². The van der Waals surface area contributed by atoms with E-state index in [9.17, 15) is 0 Å². The van der Waals surface area contributed by atoms with Gasteiger partial charge in [0, 0.05) is 0 Å². The summed E-state index contributed by atoms with van der Waals surface area (Å²) in [6.07, 6.45) is 7.71. The summed E-state index contributed by atoms with van der Waals surface area (Å²) in [5.41, 5.74) is 0. The van der Waals surface area contributed by atoms with Crippen LogP contribution < -0.4 is 5.19 Å². The molecule has 0 saturated carbocycles. The summed E-state index contributed by atoms with van der Waals surface area (Å²) in [4.78, 5) is 0. The van der Waals surface area contributed by atoms with Crippen molar-refractivity contribution in [3.8, 4) is 0 Å². The van der Waals surface area contributed by atoms with Gasteiger partial charge in [0.05, 0.1) is 5.76 Å². The fraction of sp³-hybridized carbons (Fsp3) is 0.375. The third kappa shape index (κ3) is 4.92. The summed E-state index contributed by atoms with van der Waals surface area (Å²) in [6.45, 7) is 10.6. The van der Waals surface area contributed by atoms with Crippen molar-refractivity contribution < 1.29 is 4.43 Å². The van der Waals surface area contributed by atoms with Crippen LogP contribution in [0.4, 0.5) is 0 Å². The fourth-order valence-electron chi connectivity index (χ4n) is 1.80. The summed E-state index contributed by atoms with van der Waals surface area (Å²) in [5, 5.41) is 1.30. The van der Waals surface area contributed by atoms with Gasteiger partial charge in [-0.15, -0.1) is 0 Å². The Morgan fingerprint density at radius 3 is 2.56 bits per heavy atom. The van der Waals surface area contributed by atoms with E-state index in [0.717, 1.165) is 12.2 Å². The second-order valence-corrected chi connectivity index (χ2v) is 8.79. The maximum Gasteiger partial charge on any atom is 0.276 e. The smallest absolute Gasteiger partial charge is 0.276 e. The number of benzene rings is 1. The molecule has 0 aliphatic rings. The summed E-state index contributed by atoms with van der Waals surface area (Å²) in [7, 11) is -1.86. The van der Waals surface area contributed by atoms with Gasteiger partial charge in [-0.05, 0) is 30.8 Å². The number of hydrogen-bond acceptors (Lipinski definition) is 1. The Bertz CT molecular complexity index is 393. The highest BCUT2D eigenvalue weighted by molar-refractivity contribution is 6.84. The molecule has 1 rings (SSSR count). The summed E-state index contributed by atoms with van der Waals surface area (Å²) in [5.74, 6) is 0.784. The van der Waals surface area contributed by atoms with Crippen molar-refractivity contribution in [2.24, 2.45) is 0 Å². The molecular weight excluding hydrogens is 236 g/mol. The first-order valence-electron chi connectivity index (χ1n) is 6.66. The maximum atomic E-state index is 6.06. The van der Waals surface area contributed by atoms with Crippen molar-refractivity contribution in [1.29, 1.82) is 0 Å². The van der Waals surface area contributed by atoms with Crippen LogP contribution in [0.5, 0.6) is 0 Å². The summed E-state index contributed by atoms with van der Waals surface area (Å²) >= 11 is 0. The van der Waals surface area contributed by atoms with E-state index < -0.39 is 8.32 Å². The topological polar surface area (TPSA) is 9.23 Å². The molecule has 0 amide bonds. The van der Waals surface area contributed by atoms with Gasteiger partial charge in [0.1, 0.15) is 0 Å². The minimum atomic E-state index is -1.86. The van der Waals surface area contributed by atoms with Gasteiger partial charge in [0.2, 0.25) is 0 Å². The zero-order chi connectivity index (χ0) is 13.4. The minimum Gasteiger partial charge on any atom is -0.540 e. The van der Waals surface area contributed by atoms with Gasteiger partial charge >= 0.3 is 0 Å². The Hall–Kier alpha value is -1.28. The Morgan fingerprint density at radius 2 is 1.94 bits per heavy atom. The lowest BCUT2D eigenvalue weighted by atomic mass is 10.2. The van der Waals surface area contributed by atoms with E-state index in [2.05, 4.69) is 56.9 Å². The van der Waals surface area contributed by atoms with Gasteiger partial charge in [-0.25, -0.2) is 0 Å². The van der Waals surface area contributed by atoms with Crippen LogP contribution in [0.2, 0.25) is 13.1 Å². The van der Waals surface area contributed by atoms with Crippen molar-refractivity contribution in [2.45, 2.75) is 39.3 Å². The molecule has 0 radical (unpaired) electrons. The second-order valence-electron chi connectivity index (χ2n) is 4.99. The SMILES string of the molecule is C=C(/C=C/CCCC)O[Si](C)(C)c1ccccc1. The van der Waals surface area contributed by atoms with Gasteiger partial charge < -0.3 is 4.43 Å². The van der Waals surface area contributed by atoms with Crippen molar-refractivity contribution in [1.82, 2.24) is 0 Å². The first-order chi connectivity index (χ1) is 8.56. The fourth-order valence-corrected chi connectivity index (χ4v) is 3.63. The molecule has 0 unspecified atom stereocenters. The molecule has 0 aromatic heterocycles. The van der Waals surface area contributed by atoms with Gasteiger partial charge in [0.25, 0.3) is 8.32 Å². The van der Waals surface area contributed by atoms with Crippen molar-refractivity contribution in [2.75, 3.05) is 0 Å². The highest BCUT2D eigenvalue weighted by Crippen LogP contribution is 2.11. The van der Waals surface area contributed by atoms with Crippen LogP contribution >= 0.6 is 0 Å². The molecule has 0 fully saturated rings. The zero-order valence-corrected chi connectivity index (χ0v) is 12.8. The Balaban J connectivity index is 2.55. The van der Waals surface area contributed by atoms with E-state index in [-0.39, 0.29) is 0 Å². The molecule has 2 heteroatoms. The van der Waals surface area contributed by atoms with Crippen molar-refractivity contribution in [3.05, 3.63) is 54.8 Å². The molecule has 98 valence electrons. The molecule has 0 saturated heterocycles. The van der Waals surface area contributed by atoms with Gasteiger partial charge in [-0.3, -0.25) is 0 Å². The van der Waals surface area contributed by atoms with Crippen LogP contribution in [-0.4, -0.2) is 8.32 Å². The highest BCUT2D eigenvalue weighted by Gasteiger charge is 2.26. The normalized spacial score (nSPS) is 11.7. The van der Waals surface area contributed by atoms with Crippen LogP contribution in [0, 0.1) is 0 Å². The lowest BCUT2D eigenvalue weighted by Crippen LogP contribution is -2.44. The number of hydrogen-bond donors (Lipinski definition) is 0. The average molecular weight is 260 g/mol. The molecule has 0 N–H and O–H groups in total. The van der Waals surface area contributed by atoms with E-state index in [1.807, 2.05) is 12.1 Å². The molecule has 0 bridgehead atoms. The second kappa shape index (κ2) is 7.22. The van der Waals surface area contributed by atoms with Crippen LogP contribution in [0.1, 0.15) is 26.2 Å². The molecule has 1 aromatic carbocycles. The Kier molecular flexibility index (Phi) is 5.93. The predicted octanol–water partition coefficient (Wildman–Crippen LogP) is 4.38. The minimum absolute atomic E-state index is 0.784. The Labute approximate surface area is 112 Å². The number of allylic oxidation sites excluding steroid dienone is 2. The zero-order valence-electron chi connectivity index (χ0n) is 11.8. The van der Waals surface area contributed by atoms with E-state index in [0.29, 0.717) is 0 Å². The lowest BCUT2D eigenvalue weighted by Gasteiger charge is -2.24. The summed E-state index contributed by atoms with van der Waals surface area (Å²) in [6, 6.07) is 10.4. The standard InChI is InChI=1S/C16H24OSi/c1-5-6-7-9-12-15(2)17-18(3,4)16-13-10-8-11-14-16/h8-14H,2,5-7H2,1,3-4H3/b12-9+. The van der Waals surface area contributed by atoms with Gasteiger partial charge in [-0.2, -0.15) is 0 Å². The predicted molar refractivity (Wildman–Crippen MR) is 82.4 cm³/mol. The number of unbranched alkanes of at least 4 members (excludes halogenated alkanes) is 2. The largest absolute Gasteiger partial charge is 0.540 e. The van der Waals surface area contributed by atoms with Crippen molar-refractivity contribution >= 4 is 13.5 Å². The van der Waals surface area contributed by atoms with E-state index in [1.165, 1.54) is 18.0 Å². The maximum absolute atomic E-state index is 6.06. The third-order valence-electron chi connectivity index (χ3n) is 2.88. The molecule has 0 aliphatic heterocycles. The molecule has 18 heavy (non-hydrogen) atoms. The van der Waals surface area contributed by atoms with Crippen LogP contribution in [0.15, 0.2) is 54.8 Å². The van der Waals surface area contributed by atoms with Gasteiger partial charge in [0.15, 0.2) is 0 Å². The third-order valence-corrected chi connectivity index (χ3v) is 5.38. The molecule has 0 heterocycles. The molecule has 0 atom stereocenters. The van der Waals surface area contributed by atoms with Crippen molar-refractivity contribution in [3.63, 3.8) is 0 Å². The number of rotatable bonds is 7. The average Bonchev–Trinajstić information content (AvgIpc) is 2.35. The quantitative estimate of drug-likeness (QED) is 0.306. The summed E-state index contributed by atoms with van der Waals surface area (Å²) < 4.78 is 6.06. The highest BCUT2D eigenvalue weighted by atomic mass is 28.4. The van der Waals surface area contributed by atoms with Crippen LogP contribution in [0.25, 0.3) is 0 Å². The lowest BCUT2D eigenvalue weighted by molar-refractivity contribution is 0.449. The van der Waals surface area contributed by atoms with Crippen LogP contribution in [0.3, 0.4) is 0 Å². The van der Waals surface area contributed by atoms with E-state index >= 15 is 0 Å². The van der Waals surface area contributed by atoms with Crippen LogP contribution in [-0.2, 0) is 4.43 Å². The molecule has 0 spiro atoms. The molecular formula is C16H24OSi. The molecule has 0 aliphatic carbocycles. The molecule has 1 aromatic rings.